The number of hydrogen-bond acceptors (Lipinski definition) is 3. The van der Waals surface area contributed by atoms with Crippen molar-refractivity contribution >= 4 is 27.6 Å². The molecular formula is C18H13NO3. The zero-order valence-corrected chi connectivity index (χ0v) is 11.8. The Morgan fingerprint density at radius 2 is 2.05 bits per heavy atom. The maximum absolute atomic E-state index is 11.9. The Morgan fingerprint density at radius 3 is 2.86 bits per heavy atom. The van der Waals surface area contributed by atoms with Crippen LogP contribution in [0.2, 0.25) is 0 Å². The van der Waals surface area contributed by atoms with Gasteiger partial charge in [-0.15, -0.1) is 6.42 Å². The van der Waals surface area contributed by atoms with Gasteiger partial charge in [-0.25, -0.2) is 4.79 Å². The normalized spacial score (nSPS) is 10.5. The van der Waals surface area contributed by atoms with E-state index in [1.165, 1.54) is 6.07 Å². The summed E-state index contributed by atoms with van der Waals surface area (Å²) in [4.78, 5) is 23.6. The van der Waals surface area contributed by atoms with Gasteiger partial charge in [0, 0.05) is 11.5 Å². The van der Waals surface area contributed by atoms with Gasteiger partial charge in [-0.3, -0.25) is 4.79 Å². The molecule has 0 spiro atoms. The Bertz CT molecular complexity index is 963. The third-order valence-electron chi connectivity index (χ3n) is 3.45. The van der Waals surface area contributed by atoms with Crippen LogP contribution in [0.1, 0.15) is 5.56 Å². The molecule has 1 aromatic heterocycles. The minimum atomic E-state index is -0.470. The Morgan fingerprint density at radius 1 is 1.23 bits per heavy atom. The second-order valence-corrected chi connectivity index (χ2v) is 4.91. The number of nitrogens with one attached hydrogen (secondary N) is 1. The van der Waals surface area contributed by atoms with E-state index in [-0.39, 0.29) is 18.9 Å². The molecule has 4 nitrogen and oxygen atoms in total. The monoisotopic (exact) mass is 291 g/mol. The van der Waals surface area contributed by atoms with Crippen LogP contribution in [0.5, 0.6) is 0 Å². The highest BCUT2D eigenvalue weighted by atomic mass is 16.4. The molecule has 0 atom stereocenters. The Balaban J connectivity index is 2.19. The van der Waals surface area contributed by atoms with Gasteiger partial charge in [-0.2, -0.15) is 0 Å². The van der Waals surface area contributed by atoms with E-state index in [1.807, 2.05) is 30.3 Å². The van der Waals surface area contributed by atoms with E-state index in [4.69, 9.17) is 10.8 Å². The standard InChI is InChI=1S/C18H13NO3/c1-2-9-19-16(20)10-13-11-17(21)22-15-8-7-12-5-3-4-6-14(12)18(13)15/h1,3-8,11H,9-10H2,(H,19,20). The molecule has 108 valence electrons. The Hall–Kier alpha value is -3.06. The summed E-state index contributed by atoms with van der Waals surface area (Å²) in [6, 6.07) is 12.8. The summed E-state index contributed by atoms with van der Waals surface area (Å²) in [5.41, 5.74) is 0.644. The fourth-order valence-corrected chi connectivity index (χ4v) is 2.54. The highest BCUT2D eigenvalue weighted by Gasteiger charge is 2.12. The lowest BCUT2D eigenvalue weighted by Gasteiger charge is -2.08. The van der Waals surface area contributed by atoms with Crippen LogP contribution in [0.25, 0.3) is 21.7 Å². The smallest absolute Gasteiger partial charge is 0.336 e. The maximum Gasteiger partial charge on any atom is 0.336 e. The number of terminal acetylenes is 1. The molecule has 0 unspecified atom stereocenters. The third-order valence-corrected chi connectivity index (χ3v) is 3.45. The molecule has 1 N–H and O–H groups in total. The first-order chi connectivity index (χ1) is 10.7. The molecule has 0 radical (unpaired) electrons. The number of carbonyl (C=O) groups excluding carboxylic acids is 1. The molecule has 0 aliphatic rings. The largest absolute Gasteiger partial charge is 0.423 e. The lowest BCUT2D eigenvalue weighted by atomic mass is 10.00. The second kappa shape index (κ2) is 5.74. The van der Waals surface area contributed by atoms with Gasteiger partial charge in [0.1, 0.15) is 5.58 Å². The molecule has 2 aromatic carbocycles. The van der Waals surface area contributed by atoms with E-state index in [0.717, 1.165) is 16.2 Å². The predicted molar refractivity (Wildman–Crippen MR) is 85.5 cm³/mol. The lowest BCUT2D eigenvalue weighted by Crippen LogP contribution is -2.25. The van der Waals surface area contributed by atoms with Crippen molar-refractivity contribution in [2.75, 3.05) is 6.54 Å². The Kier molecular flexibility index (Phi) is 3.63. The van der Waals surface area contributed by atoms with Gasteiger partial charge in [-0.1, -0.05) is 36.3 Å². The number of fused-ring (bicyclic) bond motifs is 3. The first-order valence-corrected chi connectivity index (χ1v) is 6.83. The van der Waals surface area contributed by atoms with Crippen molar-refractivity contribution in [3.05, 3.63) is 58.4 Å². The summed E-state index contributed by atoms with van der Waals surface area (Å²) in [6.07, 6.45) is 5.21. The van der Waals surface area contributed by atoms with Gasteiger partial charge in [0.15, 0.2) is 0 Å². The van der Waals surface area contributed by atoms with E-state index >= 15 is 0 Å². The van der Waals surface area contributed by atoms with Crippen LogP contribution >= 0.6 is 0 Å². The summed E-state index contributed by atoms with van der Waals surface area (Å²) < 4.78 is 5.25. The quantitative estimate of drug-likeness (QED) is 0.457. The number of hydrogen-bond donors (Lipinski definition) is 1. The number of rotatable bonds is 3. The van der Waals surface area contributed by atoms with E-state index in [2.05, 4.69) is 11.2 Å². The van der Waals surface area contributed by atoms with Crippen molar-refractivity contribution in [2.45, 2.75) is 6.42 Å². The first-order valence-electron chi connectivity index (χ1n) is 6.83. The zero-order chi connectivity index (χ0) is 15.5. The first kappa shape index (κ1) is 13.9. The fraction of sp³-hybridized carbons (Fsp3) is 0.111. The molecule has 0 bridgehead atoms. The molecule has 0 aliphatic carbocycles. The highest BCUT2D eigenvalue weighted by molar-refractivity contribution is 6.07. The lowest BCUT2D eigenvalue weighted by molar-refractivity contribution is -0.120. The van der Waals surface area contributed by atoms with Crippen molar-refractivity contribution in [3.63, 3.8) is 0 Å². The third kappa shape index (κ3) is 2.57. The summed E-state index contributed by atoms with van der Waals surface area (Å²) in [6.45, 7) is 0.166. The predicted octanol–water partition coefficient (Wildman–Crippen LogP) is 2.24. The average Bonchev–Trinajstić information content (AvgIpc) is 2.52. The van der Waals surface area contributed by atoms with Gasteiger partial charge >= 0.3 is 5.63 Å². The molecule has 1 heterocycles. The maximum atomic E-state index is 11.9. The van der Waals surface area contributed by atoms with Gasteiger partial charge < -0.3 is 9.73 Å². The minimum absolute atomic E-state index is 0.0811. The Labute approximate surface area is 126 Å². The minimum Gasteiger partial charge on any atom is -0.423 e. The van der Waals surface area contributed by atoms with Crippen LogP contribution in [-0.4, -0.2) is 12.5 Å². The zero-order valence-electron chi connectivity index (χ0n) is 11.8. The van der Waals surface area contributed by atoms with Crippen molar-refractivity contribution in [2.24, 2.45) is 0 Å². The molecule has 1 amide bonds. The molecule has 0 saturated heterocycles. The van der Waals surface area contributed by atoms with Crippen LogP contribution in [0.4, 0.5) is 0 Å². The van der Waals surface area contributed by atoms with Crippen LogP contribution in [-0.2, 0) is 11.2 Å². The summed E-state index contributed by atoms with van der Waals surface area (Å²) in [7, 11) is 0. The molecule has 0 aliphatic heterocycles. The topological polar surface area (TPSA) is 59.3 Å². The van der Waals surface area contributed by atoms with Gasteiger partial charge in [0.2, 0.25) is 5.91 Å². The summed E-state index contributed by atoms with van der Waals surface area (Å²) >= 11 is 0. The van der Waals surface area contributed by atoms with Crippen LogP contribution in [0.3, 0.4) is 0 Å². The molecule has 3 rings (SSSR count). The SMILES string of the molecule is C#CCNC(=O)Cc1cc(=O)oc2ccc3ccccc3c12. The summed E-state index contributed by atoms with van der Waals surface area (Å²) in [5.74, 6) is 2.13. The molecule has 4 heteroatoms. The van der Waals surface area contributed by atoms with Crippen LogP contribution in [0, 0.1) is 12.3 Å². The average molecular weight is 291 g/mol. The van der Waals surface area contributed by atoms with E-state index in [0.29, 0.717) is 11.1 Å². The van der Waals surface area contributed by atoms with Crippen molar-refractivity contribution in [1.29, 1.82) is 0 Å². The van der Waals surface area contributed by atoms with Crippen molar-refractivity contribution in [3.8, 4) is 12.3 Å². The molecular weight excluding hydrogens is 278 g/mol. The highest BCUT2D eigenvalue weighted by Crippen LogP contribution is 2.27. The molecule has 0 fully saturated rings. The molecule has 3 aromatic rings. The molecule has 0 saturated carbocycles. The van der Waals surface area contributed by atoms with E-state index in [1.54, 1.807) is 6.07 Å². The fourth-order valence-electron chi connectivity index (χ4n) is 2.54. The number of carbonyl (C=O) groups is 1. The van der Waals surface area contributed by atoms with Gasteiger partial charge in [-0.05, 0) is 22.4 Å². The summed E-state index contributed by atoms with van der Waals surface area (Å²) in [5, 5.41) is 5.36. The van der Waals surface area contributed by atoms with Crippen molar-refractivity contribution < 1.29 is 9.21 Å². The second-order valence-electron chi connectivity index (χ2n) is 4.91. The van der Waals surface area contributed by atoms with Gasteiger partial charge in [0.25, 0.3) is 0 Å². The number of amides is 1. The van der Waals surface area contributed by atoms with Gasteiger partial charge in [0.05, 0.1) is 13.0 Å². The van der Waals surface area contributed by atoms with E-state index in [9.17, 15) is 9.59 Å². The molecule has 22 heavy (non-hydrogen) atoms. The van der Waals surface area contributed by atoms with E-state index < -0.39 is 5.63 Å². The van der Waals surface area contributed by atoms with Crippen LogP contribution in [0.15, 0.2) is 51.7 Å². The van der Waals surface area contributed by atoms with Crippen molar-refractivity contribution in [1.82, 2.24) is 5.32 Å². The van der Waals surface area contributed by atoms with Crippen LogP contribution < -0.4 is 10.9 Å². The number of benzene rings is 2.